The van der Waals surface area contributed by atoms with Crippen LogP contribution in [0.4, 0.5) is 13.2 Å². The molecule has 0 radical (unpaired) electrons. The van der Waals surface area contributed by atoms with Crippen LogP contribution >= 0.6 is 0 Å². The van der Waals surface area contributed by atoms with Gasteiger partial charge in [0.1, 0.15) is 17.1 Å². The van der Waals surface area contributed by atoms with Gasteiger partial charge in [-0.05, 0) is 36.2 Å². The lowest BCUT2D eigenvalue weighted by Crippen LogP contribution is -2.17. The van der Waals surface area contributed by atoms with E-state index in [2.05, 4.69) is 4.74 Å². The number of ether oxygens (including phenoxy) is 1. The smallest absolute Gasteiger partial charge is 0.507 e. The number of phenols is 1. The summed E-state index contributed by atoms with van der Waals surface area (Å²) in [6.45, 7) is 1.64. The fraction of sp³-hybridized carbons (Fsp3) is 0.188. The first kappa shape index (κ1) is 17.6. The fourth-order valence-corrected chi connectivity index (χ4v) is 2.26. The lowest BCUT2D eigenvalue weighted by Gasteiger charge is -2.17. The van der Waals surface area contributed by atoms with Crippen molar-refractivity contribution in [3.63, 3.8) is 0 Å². The van der Waals surface area contributed by atoms with E-state index in [1.807, 2.05) is 0 Å². The molecule has 0 amide bonds. The Balaban J connectivity index is 2.35. The summed E-state index contributed by atoms with van der Waals surface area (Å²) >= 11 is 0. The van der Waals surface area contributed by atoms with Crippen LogP contribution in [0.15, 0.2) is 36.4 Å². The number of hydrogen-bond acceptors (Lipinski definition) is 4. The first-order chi connectivity index (χ1) is 11.1. The van der Waals surface area contributed by atoms with Crippen molar-refractivity contribution in [2.24, 2.45) is 5.73 Å². The minimum absolute atomic E-state index is 0.164. The maximum Gasteiger partial charge on any atom is 0.573 e. The van der Waals surface area contributed by atoms with Crippen molar-refractivity contribution in [3.8, 4) is 11.5 Å². The van der Waals surface area contributed by atoms with Crippen molar-refractivity contribution in [3.05, 3.63) is 58.7 Å². The minimum atomic E-state index is -4.80. The van der Waals surface area contributed by atoms with Crippen molar-refractivity contribution >= 4 is 5.97 Å². The number of rotatable bonds is 4. The van der Waals surface area contributed by atoms with Crippen LogP contribution in [0, 0.1) is 6.92 Å². The molecule has 0 aliphatic rings. The molecule has 0 unspecified atom stereocenters. The number of carbonyl (C=O) groups is 1. The second-order valence-corrected chi connectivity index (χ2v) is 5.15. The summed E-state index contributed by atoms with van der Waals surface area (Å²) in [5.74, 6) is -2.19. The molecule has 4 N–H and O–H groups in total. The first-order valence-corrected chi connectivity index (χ1v) is 6.76. The van der Waals surface area contributed by atoms with Gasteiger partial charge in [0.25, 0.3) is 0 Å². The fourth-order valence-electron chi connectivity index (χ4n) is 2.26. The Morgan fingerprint density at radius 1 is 1.21 bits per heavy atom. The molecule has 0 saturated carbocycles. The summed E-state index contributed by atoms with van der Waals surface area (Å²) in [7, 11) is 0. The highest BCUT2D eigenvalue weighted by Crippen LogP contribution is 2.33. The van der Waals surface area contributed by atoms with Gasteiger partial charge in [-0.15, -0.1) is 13.2 Å². The third kappa shape index (κ3) is 3.96. The largest absolute Gasteiger partial charge is 0.573 e. The molecule has 0 bridgehead atoms. The molecule has 0 aromatic heterocycles. The van der Waals surface area contributed by atoms with E-state index in [-0.39, 0.29) is 11.1 Å². The third-order valence-corrected chi connectivity index (χ3v) is 3.32. The predicted octanol–water partition coefficient (Wildman–Crippen LogP) is 3.35. The lowest BCUT2D eigenvalue weighted by atomic mass is 9.94. The number of halogens is 3. The first-order valence-electron chi connectivity index (χ1n) is 6.76. The number of hydrogen-bond donors (Lipinski definition) is 3. The molecule has 0 aliphatic heterocycles. The molecule has 2 rings (SSSR count). The van der Waals surface area contributed by atoms with Crippen molar-refractivity contribution in [2.45, 2.75) is 19.3 Å². The van der Waals surface area contributed by atoms with E-state index in [1.54, 1.807) is 6.92 Å². The molecule has 0 saturated heterocycles. The molecule has 0 fully saturated rings. The average molecular weight is 341 g/mol. The van der Waals surface area contributed by atoms with Gasteiger partial charge in [-0.25, -0.2) is 4.79 Å². The Kier molecular flexibility index (Phi) is 4.70. The molecule has 24 heavy (non-hydrogen) atoms. The average Bonchev–Trinajstić information content (AvgIpc) is 2.47. The molecule has 5 nitrogen and oxygen atoms in total. The molecule has 0 spiro atoms. The molecule has 0 aliphatic carbocycles. The van der Waals surface area contributed by atoms with Crippen LogP contribution < -0.4 is 10.5 Å². The van der Waals surface area contributed by atoms with E-state index in [4.69, 9.17) is 10.8 Å². The van der Waals surface area contributed by atoms with Crippen molar-refractivity contribution in [1.29, 1.82) is 0 Å². The van der Waals surface area contributed by atoms with Gasteiger partial charge in [0.05, 0.1) is 6.04 Å². The van der Waals surface area contributed by atoms with Gasteiger partial charge in [-0.2, -0.15) is 0 Å². The van der Waals surface area contributed by atoms with Gasteiger partial charge in [0.2, 0.25) is 0 Å². The zero-order valence-corrected chi connectivity index (χ0v) is 12.5. The number of benzene rings is 2. The van der Waals surface area contributed by atoms with Crippen LogP contribution in [0.3, 0.4) is 0 Å². The zero-order chi connectivity index (χ0) is 18.1. The van der Waals surface area contributed by atoms with Crippen molar-refractivity contribution in [2.75, 3.05) is 0 Å². The van der Waals surface area contributed by atoms with Crippen LogP contribution in [-0.4, -0.2) is 22.5 Å². The number of aromatic carboxylic acids is 1. The molecule has 2 aromatic carbocycles. The van der Waals surface area contributed by atoms with Gasteiger partial charge in [-0.1, -0.05) is 18.2 Å². The monoisotopic (exact) mass is 341 g/mol. The zero-order valence-electron chi connectivity index (χ0n) is 12.5. The van der Waals surface area contributed by atoms with Gasteiger partial charge in [0.15, 0.2) is 0 Å². The quantitative estimate of drug-likeness (QED) is 0.793. The Morgan fingerprint density at radius 3 is 2.29 bits per heavy atom. The highest BCUT2D eigenvalue weighted by Gasteiger charge is 2.31. The van der Waals surface area contributed by atoms with Gasteiger partial charge in [0, 0.05) is 5.56 Å². The normalized spacial score (nSPS) is 12.7. The van der Waals surface area contributed by atoms with Gasteiger partial charge in [-0.3, -0.25) is 0 Å². The van der Waals surface area contributed by atoms with E-state index in [0.29, 0.717) is 11.1 Å². The highest BCUT2D eigenvalue weighted by atomic mass is 19.4. The third-order valence-electron chi connectivity index (χ3n) is 3.32. The molecule has 2 aromatic rings. The highest BCUT2D eigenvalue weighted by molar-refractivity contribution is 5.91. The number of carboxylic acid groups (broad SMARTS) is 1. The van der Waals surface area contributed by atoms with Crippen LogP contribution in [0.1, 0.15) is 33.1 Å². The molecule has 128 valence electrons. The topological polar surface area (TPSA) is 92.8 Å². The summed E-state index contributed by atoms with van der Waals surface area (Å²) < 4.78 is 40.2. The lowest BCUT2D eigenvalue weighted by molar-refractivity contribution is -0.274. The number of aryl methyl sites for hydroxylation is 1. The summed E-state index contributed by atoms with van der Waals surface area (Å²) in [6.07, 6.45) is -4.80. The Morgan fingerprint density at radius 2 is 1.79 bits per heavy atom. The number of aromatic hydroxyl groups is 1. The second-order valence-electron chi connectivity index (χ2n) is 5.15. The predicted molar refractivity (Wildman–Crippen MR) is 79.0 cm³/mol. The van der Waals surface area contributed by atoms with Crippen LogP contribution in [0.5, 0.6) is 11.5 Å². The molecule has 0 heterocycles. The number of alkyl halides is 3. The molecular formula is C16H14F3NO4. The second kappa shape index (κ2) is 6.40. The van der Waals surface area contributed by atoms with Crippen LogP contribution in [-0.2, 0) is 0 Å². The van der Waals surface area contributed by atoms with Crippen LogP contribution in [0.25, 0.3) is 0 Å². The van der Waals surface area contributed by atoms with Crippen molar-refractivity contribution in [1.82, 2.24) is 0 Å². The number of nitrogens with two attached hydrogens (primary N) is 1. The molecule has 8 heteroatoms. The SMILES string of the molecule is Cc1cc(C(=O)O)c(O)c([C@H](N)c2ccc(OC(F)(F)F)cc2)c1. The van der Waals surface area contributed by atoms with E-state index in [0.717, 1.165) is 12.1 Å². The Hall–Kier alpha value is -2.74. The molecule has 1 atom stereocenters. The summed E-state index contributed by atoms with van der Waals surface area (Å²) in [4.78, 5) is 11.1. The number of carboxylic acids is 1. The summed E-state index contributed by atoms with van der Waals surface area (Å²) in [5.41, 5.74) is 6.85. The van der Waals surface area contributed by atoms with Crippen molar-refractivity contribution < 1.29 is 32.9 Å². The van der Waals surface area contributed by atoms with E-state index < -0.39 is 29.9 Å². The maximum atomic E-state index is 12.1. The minimum Gasteiger partial charge on any atom is -0.507 e. The Bertz CT molecular complexity index is 757. The maximum absolute atomic E-state index is 12.1. The summed E-state index contributed by atoms with van der Waals surface area (Å²) in [6, 6.07) is 6.71. The molecular weight excluding hydrogens is 327 g/mol. The van der Waals surface area contributed by atoms with Crippen LogP contribution in [0.2, 0.25) is 0 Å². The van der Waals surface area contributed by atoms with E-state index in [9.17, 15) is 23.1 Å². The Labute approximate surface area is 135 Å². The van der Waals surface area contributed by atoms with Gasteiger partial charge >= 0.3 is 12.3 Å². The summed E-state index contributed by atoms with van der Waals surface area (Å²) in [5, 5.41) is 19.2. The van der Waals surface area contributed by atoms with E-state index in [1.165, 1.54) is 24.3 Å². The van der Waals surface area contributed by atoms with Gasteiger partial charge < -0.3 is 20.7 Å². The van der Waals surface area contributed by atoms with E-state index >= 15 is 0 Å². The standard InChI is InChI=1S/C16H14F3NO4/c1-8-6-11(14(21)12(7-8)15(22)23)13(20)9-2-4-10(5-3-9)24-16(17,18)19/h2-7,13,21H,20H2,1H3,(H,22,23)/t13-/m1/s1.